The third-order valence-electron chi connectivity index (χ3n) is 3.00. The molecule has 0 saturated heterocycles. The van der Waals surface area contributed by atoms with Crippen LogP contribution in [0.4, 0.5) is 0 Å². The lowest BCUT2D eigenvalue weighted by Crippen LogP contribution is -1.90. The molecule has 0 atom stereocenters. The quantitative estimate of drug-likeness (QED) is 0.500. The fraction of sp³-hybridized carbons (Fsp3) is 0.0571. The van der Waals surface area contributed by atoms with Crippen LogP contribution in [0.5, 0.6) is 0 Å². The van der Waals surface area contributed by atoms with E-state index in [0.29, 0.717) is 0 Å². The monoisotopic (exact) mass is 450 g/mol. The zero-order valence-electron chi connectivity index (χ0n) is 19.6. The Morgan fingerprint density at radius 2 is 0.917 bits per heavy atom. The van der Waals surface area contributed by atoms with Gasteiger partial charge in [0.15, 0.2) is 5.78 Å². The molecule has 1 aromatic carbocycles. The number of hydrogen-bond donors (Lipinski definition) is 0. The highest BCUT2D eigenvalue weighted by Gasteiger charge is 1.95. The van der Waals surface area contributed by atoms with Gasteiger partial charge in [0.1, 0.15) is 0 Å². The molecule has 0 aliphatic rings. The van der Waals surface area contributed by atoms with E-state index in [1.54, 1.807) is 32.1 Å². The highest BCUT2D eigenvalue weighted by atomic mass is 16.1. The number of hydrogen-bond acceptors (Lipinski definition) is 1. The van der Waals surface area contributed by atoms with Crippen molar-refractivity contribution in [2.45, 2.75) is 13.8 Å². The molecular weight excluding hydrogens is 436 g/mol. The van der Waals surface area contributed by atoms with E-state index in [0.717, 1.165) is 11.1 Å². The summed E-state index contributed by atoms with van der Waals surface area (Å²) in [7, 11) is 0. The van der Waals surface area contributed by atoms with Gasteiger partial charge in [-0.05, 0) is 114 Å². The summed E-state index contributed by atoms with van der Waals surface area (Å²) >= 11 is 0. The van der Waals surface area contributed by atoms with Gasteiger partial charge in [0, 0.05) is 41.1 Å². The Kier molecular flexibility index (Phi) is 18.8. The summed E-state index contributed by atoms with van der Waals surface area (Å²) in [5.41, 5.74) is 1.78. The number of Topliss-reactive ketones (excluding diaryl/α,β-unsaturated/α-hetero) is 1. The molecule has 0 aliphatic heterocycles. The number of benzene rings is 1. The topological polar surface area (TPSA) is 17.1 Å². The van der Waals surface area contributed by atoms with E-state index < -0.39 is 0 Å². The Hall–Kier alpha value is -6.65. The maximum Gasteiger partial charge on any atom is 0.159 e. The van der Waals surface area contributed by atoms with Gasteiger partial charge < -0.3 is 0 Å². The van der Waals surface area contributed by atoms with E-state index in [4.69, 9.17) is 6.42 Å². The second kappa shape index (κ2) is 23.0. The molecule has 0 spiro atoms. The van der Waals surface area contributed by atoms with Gasteiger partial charge in [-0.15, -0.1) is 6.42 Å². The van der Waals surface area contributed by atoms with Crippen molar-refractivity contribution in [3.8, 4) is 143 Å². The molecule has 1 heteroatoms. The molecule has 0 unspecified atom stereocenters. The summed E-state index contributed by atoms with van der Waals surface area (Å²) in [5.74, 6) is 57.0. The van der Waals surface area contributed by atoms with Crippen LogP contribution in [0.15, 0.2) is 30.8 Å². The van der Waals surface area contributed by atoms with Crippen LogP contribution in [0, 0.1) is 143 Å². The van der Waals surface area contributed by atoms with E-state index in [9.17, 15) is 4.79 Å². The van der Waals surface area contributed by atoms with Crippen LogP contribution in [-0.2, 0) is 0 Å². The second-order valence-electron chi connectivity index (χ2n) is 5.40. The summed E-state index contributed by atoms with van der Waals surface area (Å²) in [6.07, 6.45) is 6.66. The molecule has 0 heterocycles. The first-order chi connectivity index (χ1) is 17.7. The lowest BCUT2D eigenvalue weighted by molar-refractivity contribution is 0.101. The van der Waals surface area contributed by atoms with Crippen LogP contribution in [0.1, 0.15) is 29.8 Å². The smallest absolute Gasteiger partial charge is 0.159 e. The molecule has 0 aliphatic carbocycles. The van der Waals surface area contributed by atoms with Crippen molar-refractivity contribution in [1.29, 1.82) is 0 Å². The Morgan fingerprint density at radius 1 is 0.611 bits per heavy atom. The normalized spacial score (nSPS) is 5.47. The molecule has 0 bridgehead atoms. The molecule has 0 fully saturated rings. The number of terminal acetylenes is 1. The number of ketones is 1. The fourth-order valence-electron chi connectivity index (χ4n) is 1.55. The zero-order valence-corrected chi connectivity index (χ0v) is 19.6. The van der Waals surface area contributed by atoms with Crippen LogP contribution >= 0.6 is 0 Å². The minimum atomic E-state index is 0.0978. The van der Waals surface area contributed by atoms with E-state index >= 15 is 0 Å². The lowest BCUT2D eigenvalue weighted by atomic mass is 10.1. The van der Waals surface area contributed by atoms with E-state index in [1.807, 2.05) is 12.1 Å². The fourth-order valence-corrected chi connectivity index (χ4v) is 1.55. The van der Waals surface area contributed by atoms with E-state index in [-0.39, 0.29) is 5.78 Å². The standard InChI is InChI=1S/C25H4.C10H10O/c1-3-5-7-9-11-13-15-17-19-21-23-25-24-22-20-18-16-14-12-10-8-6-4-2;1-3-9-4-6-10(7-5-9)8(2)11/h1H,2H3;3-7H,1H2,2H3. The van der Waals surface area contributed by atoms with Crippen molar-refractivity contribution in [1.82, 2.24) is 0 Å². The van der Waals surface area contributed by atoms with Crippen molar-refractivity contribution in [3.63, 3.8) is 0 Å². The first kappa shape index (κ1) is 29.4. The minimum absolute atomic E-state index is 0.0978. The van der Waals surface area contributed by atoms with Crippen molar-refractivity contribution < 1.29 is 4.79 Å². The molecule has 0 radical (unpaired) electrons. The molecule has 1 nitrogen and oxygen atoms in total. The third kappa shape index (κ3) is 19.3. The van der Waals surface area contributed by atoms with Crippen LogP contribution in [0.2, 0.25) is 0 Å². The van der Waals surface area contributed by atoms with Crippen LogP contribution in [0.3, 0.4) is 0 Å². The summed E-state index contributed by atoms with van der Waals surface area (Å²) in [5, 5.41) is 0. The maximum absolute atomic E-state index is 10.8. The van der Waals surface area contributed by atoms with Gasteiger partial charge in [-0.3, -0.25) is 4.79 Å². The van der Waals surface area contributed by atoms with Crippen molar-refractivity contribution in [3.05, 3.63) is 42.0 Å². The van der Waals surface area contributed by atoms with Gasteiger partial charge in [0.25, 0.3) is 0 Å². The van der Waals surface area contributed by atoms with E-state index in [2.05, 4.69) is 143 Å². The van der Waals surface area contributed by atoms with Gasteiger partial charge in [-0.25, -0.2) is 0 Å². The molecule has 0 amide bonds. The molecule has 0 aromatic heterocycles. The number of rotatable bonds is 2. The van der Waals surface area contributed by atoms with E-state index in [1.165, 1.54) is 0 Å². The predicted octanol–water partition coefficient (Wildman–Crippen LogP) is 3.21. The third-order valence-corrected chi connectivity index (χ3v) is 3.00. The number of carbonyl (C=O) groups is 1. The number of carbonyl (C=O) groups excluding carboxylic acids is 1. The highest BCUT2D eigenvalue weighted by molar-refractivity contribution is 5.94. The molecular formula is C35H14O. The van der Waals surface area contributed by atoms with Gasteiger partial charge in [0.2, 0.25) is 0 Å². The lowest BCUT2D eigenvalue weighted by Gasteiger charge is -1.94. The Bertz CT molecular complexity index is 1720. The molecule has 36 heavy (non-hydrogen) atoms. The van der Waals surface area contributed by atoms with Crippen molar-refractivity contribution >= 4 is 11.9 Å². The average molecular weight is 450 g/mol. The van der Waals surface area contributed by atoms with Crippen molar-refractivity contribution in [2.24, 2.45) is 0 Å². The molecule has 1 rings (SSSR count). The molecule has 0 saturated carbocycles. The van der Waals surface area contributed by atoms with Crippen molar-refractivity contribution in [2.75, 3.05) is 0 Å². The molecule has 160 valence electrons. The Balaban J connectivity index is 0.000000918. The van der Waals surface area contributed by atoms with Gasteiger partial charge in [-0.1, -0.05) is 42.8 Å². The SMILES string of the molecule is C#CC#CC#CC#CC#CC#CC#CC#CC#CC#CC#CC#CC.C=Cc1ccc(C(C)=O)cc1. The average Bonchev–Trinajstić information content (AvgIpc) is 2.90. The summed E-state index contributed by atoms with van der Waals surface area (Å²) in [4.78, 5) is 10.8. The van der Waals surface area contributed by atoms with Crippen LogP contribution in [-0.4, -0.2) is 5.78 Å². The largest absolute Gasteiger partial charge is 0.295 e. The van der Waals surface area contributed by atoms with Gasteiger partial charge in [-0.2, -0.15) is 0 Å². The predicted molar refractivity (Wildman–Crippen MR) is 147 cm³/mol. The second-order valence-corrected chi connectivity index (χ2v) is 5.40. The summed E-state index contributed by atoms with van der Waals surface area (Å²) in [6.45, 7) is 6.87. The van der Waals surface area contributed by atoms with Gasteiger partial charge >= 0.3 is 0 Å². The summed E-state index contributed by atoms with van der Waals surface area (Å²) in [6, 6.07) is 7.37. The molecule has 0 N–H and O–H groups in total. The Morgan fingerprint density at radius 3 is 1.17 bits per heavy atom. The first-order valence-electron chi connectivity index (χ1n) is 9.76. The zero-order chi connectivity index (χ0) is 26.5. The summed E-state index contributed by atoms with van der Waals surface area (Å²) < 4.78 is 0. The molecule has 1 aromatic rings. The maximum atomic E-state index is 10.8. The van der Waals surface area contributed by atoms with Crippen LogP contribution in [0.25, 0.3) is 6.08 Å². The highest BCUT2D eigenvalue weighted by Crippen LogP contribution is 2.05. The minimum Gasteiger partial charge on any atom is -0.295 e. The first-order valence-corrected chi connectivity index (χ1v) is 9.76. The van der Waals surface area contributed by atoms with Crippen LogP contribution < -0.4 is 0 Å². The Labute approximate surface area is 214 Å². The van der Waals surface area contributed by atoms with Gasteiger partial charge in [0.05, 0.1) is 0 Å².